The Balaban J connectivity index is 1.58. The van der Waals surface area contributed by atoms with Crippen molar-refractivity contribution in [2.75, 3.05) is 5.32 Å². The Morgan fingerprint density at radius 2 is 1.61 bits per heavy atom. The standard InChI is InChI=1S/C21H9ClF5N3O2S/c22-9-3-1-2-8(6-9)19(31)30-21(33)28-10-4-5-12-11(7-10)29-20(32-12)13-14(23)16(25)18(27)17(26)15(13)24/h1-7H,(H2,28,30,31,33). The van der Waals surface area contributed by atoms with Crippen molar-refractivity contribution in [2.45, 2.75) is 0 Å². The van der Waals surface area contributed by atoms with Crippen LogP contribution in [0.2, 0.25) is 5.02 Å². The third-order valence-corrected chi connectivity index (χ3v) is 4.82. The third-order valence-electron chi connectivity index (χ3n) is 4.38. The smallest absolute Gasteiger partial charge is 0.257 e. The Hall–Kier alpha value is -3.57. The molecule has 0 bridgehead atoms. The molecule has 12 heteroatoms. The van der Waals surface area contributed by atoms with Gasteiger partial charge in [0, 0.05) is 16.3 Å². The molecule has 0 saturated heterocycles. The topological polar surface area (TPSA) is 67.2 Å². The van der Waals surface area contributed by atoms with E-state index in [0.717, 1.165) is 0 Å². The quantitative estimate of drug-likeness (QED) is 0.158. The number of carbonyl (C=O) groups is 1. The zero-order chi connectivity index (χ0) is 23.9. The highest BCUT2D eigenvalue weighted by molar-refractivity contribution is 7.80. The molecular formula is C21H9ClF5N3O2S. The van der Waals surface area contributed by atoms with Gasteiger partial charge in [0.05, 0.1) is 0 Å². The van der Waals surface area contributed by atoms with Crippen LogP contribution >= 0.6 is 23.8 Å². The zero-order valence-corrected chi connectivity index (χ0v) is 17.6. The van der Waals surface area contributed by atoms with Crippen LogP contribution < -0.4 is 10.6 Å². The van der Waals surface area contributed by atoms with Crippen LogP contribution in [0.4, 0.5) is 27.6 Å². The van der Waals surface area contributed by atoms with Gasteiger partial charge < -0.3 is 9.73 Å². The van der Waals surface area contributed by atoms with Crippen LogP contribution in [0.3, 0.4) is 0 Å². The molecule has 3 aromatic carbocycles. The SMILES string of the molecule is O=C(NC(=S)Nc1ccc2oc(-c3c(F)c(F)c(F)c(F)c3F)nc2c1)c1cccc(Cl)c1. The lowest BCUT2D eigenvalue weighted by atomic mass is 10.1. The molecule has 5 nitrogen and oxygen atoms in total. The predicted octanol–water partition coefficient (Wildman–Crippen LogP) is 5.97. The minimum Gasteiger partial charge on any atom is -0.436 e. The Morgan fingerprint density at radius 3 is 2.27 bits per heavy atom. The van der Waals surface area contributed by atoms with Crippen molar-refractivity contribution in [2.24, 2.45) is 0 Å². The summed E-state index contributed by atoms with van der Waals surface area (Å²) in [6.45, 7) is 0. The van der Waals surface area contributed by atoms with Crippen molar-refractivity contribution in [1.29, 1.82) is 0 Å². The highest BCUT2D eigenvalue weighted by Crippen LogP contribution is 2.33. The first-order valence-electron chi connectivity index (χ1n) is 8.96. The molecule has 168 valence electrons. The van der Waals surface area contributed by atoms with Crippen LogP contribution in [0.5, 0.6) is 0 Å². The number of fused-ring (bicyclic) bond motifs is 1. The van der Waals surface area contributed by atoms with E-state index in [1.807, 2.05) is 0 Å². The molecule has 1 amide bonds. The van der Waals surface area contributed by atoms with Crippen molar-refractivity contribution < 1.29 is 31.2 Å². The number of oxazole rings is 1. The van der Waals surface area contributed by atoms with Crippen LogP contribution in [-0.2, 0) is 0 Å². The summed E-state index contributed by atoms with van der Waals surface area (Å²) >= 11 is 10.9. The summed E-state index contributed by atoms with van der Waals surface area (Å²) in [6, 6.07) is 10.3. The Labute approximate surface area is 192 Å². The summed E-state index contributed by atoms with van der Waals surface area (Å²) in [7, 11) is 0. The predicted molar refractivity (Wildman–Crippen MR) is 114 cm³/mol. The summed E-state index contributed by atoms with van der Waals surface area (Å²) in [5.74, 6) is -12.0. The number of hydrogen-bond acceptors (Lipinski definition) is 4. The molecule has 4 aromatic rings. The summed E-state index contributed by atoms with van der Waals surface area (Å²) in [5, 5.41) is 5.44. The molecule has 0 radical (unpaired) electrons. The molecule has 0 aliphatic carbocycles. The second-order valence-electron chi connectivity index (χ2n) is 6.57. The fourth-order valence-corrected chi connectivity index (χ4v) is 3.27. The Morgan fingerprint density at radius 1 is 0.939 bits per heavy atom. The number of nitrogens with one attached hydrogen (secondary N) is 2. The lowest BCUT2D eigenvalue weighted by Crippen LogP contribution is -2.34. The molecule has 1 heterocycles. The van der Waals surface area contributed by atoms with Crippen LogP contribution in [0.1, 0.15) is 10.4 Å². The van der Waals surface area contributed by atoms with E-state index in [1.54, 1.807) is 12.1 Å². The molecule has 33 heavy (non-hydrogen) atoms. The third kappa shape index (κ3) is 4.37. The first-order valence-corrected chi connectivity index (χ1v) is 9.74. The van der Waals surface area contributed by atoms with E-state index in [1.165, 1.54) is 30.3 Å². The molecule has 4 rings (SSSR count). The van der Waals surface area contributed by atoms with E-state index in [0.29, 0.717) is 10.7 Å². The Kier molecular flexibility index (Phi) is 6.00. The normalized spacial score (nSPS) is 11.0. The van der Waals surface area contributed by atoms with Gasteiger partial charge in [-0.15, -0.1) is 0 Å². The number of nitrogens with zero attached hydrogens (tertiary/aromatic N) is 1. The highest BCUT2D eigenvalue weighted by Gasteiger charge is 2.29. The minimum absolute atomic E-state index is 0.00775. The second kappa shape index (κ2) is 8.75. The Bertz CT molecular complexity index is 1410. The second-order valence-corrected chi connectivity index (χ2v) is 7.41. The summed E-state index contributed by atoms with van der Waals surface area (Å²) in [5.41, 5.74) is -0.681. The molecule has 0 spiro atoms. The molecule has 0 aliphatic heterocycles. The van der Waals surface area contributed by atoms with Gasteiger partial charge >= 0.3 is 0 Å². The van der Waals surface area contributed by atoms with Crippen molar-refractivity contribution >= 4 is 51.6 Å². The molecule has 0 unspecified atom stereocenters. The van der Waals surface area contributed by atoms with Crippen molar-refractivity contribution in [3.05, 3.63) is 82.1 Å². The lowest BCUT2D eigenvalue weighted by Gasteiger charge is -2.09. The number of benzene rings is 3. The minimum atomic E-state index is -2.29. The van der Waals surface area contributed by atoms with Crippen molar-refractivity contribution in [3.63, 3.8) is 0 Å². The van der Waals surface area contributed by atoms with Gasteiger partial charge in [0.1, 0.15) is 11.1 Å². The number of anilines is 1. The first kappa shape index (κ1) is 22.6. The summed E-state index contributed by atoms with van der Waals surface area (Å²) < 4.78 is 73.6. The van der Waals surface area contributed by atoms with Gasteiger partial charge in [-0.1, -0.05) is 17.7 Å². The fourth-order valence-electron chi connectivity index (χ4n) is 2.87. The number of hydrogen-bond donors (Lipinski definition) is 2. The highest BCUT2D eigenvalue weighted by atomic mass is 35.5. The largest absolute Gasteiger partial charge is 0.436 e. The van der Waals surface area contributed by atoms with Gasteiger partial charge in [0.25, 0.3) is 5.91 Å². The fraction of sp³-hybridized carbons (Fsp3) is 0. The van der Waals surface area contributed by atoms with Gasteiger partial charge in [-0.3, -0.25) is 10.1 Å². The monoisotopic (exact) mass is 497 g/mol. The van der Waals surface area contributed by atoms with E-state index in [-0.39, 0.29) is 21.8 Å². The number of thiocarbonyl (C=S) groups is 1. The maximum atomic E-state index is 14.1. The number of aromatic nitrogens is 1. The van der Waals surface area contributed by atoms with Gasteiger partial charge in [-0.25, -0.2) is 26.9 Å². The van der Waals surface area contributed by atoms with E-state index in [2.05, 4.69) is 15.6 Å². The first-order chi connectivity index (χ1) is 15.7. The average Bonchev–Trinajstić information content (AvgIpc) is 3.19. The number of amides is 1. The molecule has 0 fully saturated rings. The van der Waals surface area contributed by atoms with Gasteiger partial charge in [-0.2, -0.15) is 0 Å². The molecule has 0 saturated carbocycles. The van der Waals surface area contributed by atoms with Gasteiger partial charge in [-0.05, 0) is 48.6 Å². The zero-order valence-electron chi connectivity index (χ0n) is 16.0. The summed E-state index contributed by atoms with van der Waals surface area (Å²) in [6.07, 6.45) is 0. The van der Waals surface area contributed by atoms with E-state index in [9.17, 15) is 26.7 Å². The summed E-state index contributed by atoms with van der Waals surface area (Å²) in [4.78, 5) is 16.0. The molecular weight excluding hydrogens is 489 g/mol. The number of carbonyl (C=O) groups excluding carboxylic acids is 1. The average molecular weight is 498 g/mol. The van der Waals surface area contributed by atoms with Crippen molar-refractivity contribution in [3.8, 4) is 11.5 Å². The van der Waals surface area contributed by atoms with E-state index in [4.69, 9.17) is 28.2 Å². The number of rotatable bonds is 3. The lowest BCUT2D eigenvalue weighted by molar-refractivity contribution is 0.0977. The van der Waals surface area contributed by atoms with Crippen LogP contribution in [0.15, 0.2) is 46.9 Å². The number of halogens is 6. The van der Waals surface area contributed by atoms with Gasteiger partial charge in [0.2, 0.25) is 11.7 Å². The van der Waals surface area contributed by atoms with Crippen molar-refractivity contribution in [1.82, 2.24) is 10.3 Å². The van der Waals surface area contributed by atoms with E-state index >= 15 is 0 Å². The molecule has 0 atom stereocenters. The molecule has 0 aliphatic rings. The van der Waals surface area contributed by atoms with E-state index < -0.39 is 46.4 Å². The maximum Gasteiger partial charge on any atom is 0.257 e. The maximum absolute atomic E-state index is 14.1. The van der Waals surface area contributed by atoms with Crippen LogP contribution in [0, 0.1) is 29.1 Å². The van der Waals surface area contributed by atoms with Crippen LogP contribution in [0.25, 0.3) is 22.6 Å². The van der Waals surface area contributed by atoms with Crippen LogP contribution in [-0.4, -0.2) is 16.0 Å². The van der Waals surface area contributed by atoms with Gasteiger partial charge in [0.15, 0.2) is 34.0 Å². The molecule has 2 N–H and O–H groups in total. The molecule has 1 aromatic heterocycles.